The monoisotopic (exact) mass is 410 g/mol. The molecule has 0 radical (unpaired) electrons. The number of nitrogens with one attached hydrogen (secondary N) is 1. The van der Waals surface area contributed by atoms with Crippen LogP contribution in [0.4, 0.5) is 11.5 Å². The van der Waals surface area contributed by atoms with E-state index in [1.165, 1.54) is 11.8 Å². The summed E-state index contributed by atoms with van der Waals surface area (Å²) >= 11 is 2.96. The third-order valence-electron chi connectivity index (χ3n) is 4.66. The number of thiophene rings is 1. The average Bonchev–Trinajstić information content (AvgIpc) is 3.14. The Morgan fingerprint density at radius 3 is 2.75 bits per heavy atom. The van der Waals surface area contributed by atoms with E-state index in [0.29, 0.717) is 23.1 Å². The molecular weight excluding hydrogens is 392 g/mol. The second-order valence-corrected chi connectivity index (χ2v) is 8.74. The van der Waals surface area contributed by atoms with Gasteiger partial charge in [0.05, 0.1) is 28.5 Å². The number of carbonyl (C=O) groups excluding carboxylic acids is 1. The molecule has 6 nitrogen and oxygen atoms in total. The Hall–Kier alpha value is -2.63. The second-order valence-electron chi connectivity index (χ2n) is 6.47. The lowest BCUT2D eigenvalue weighted by Gasteiger charge is -2.37. The predicted molar refractivity (Wildman–Crippen MR) is 111 cm³/mol. The van der Waals surface area contributed by atoms with Gasteiger partial charge >= 0.3 is 5.97 Å². The second kappa shape index (κ2) is 7.78. The highest BCUT2D eigenvalue weighted by Gasteiger charge is 2.47. The van der Waals surface area contributed by atoms with Crippen molar-refractivity contribution in [2.45, 2.75) is 36.1 Å². The van der Waals surface area contributed by atoms with Gasteiger partial charge in [0, 0.05) is 5.69 Å². The lowest BCUT2D eigenvalue weighted by atomic mass is 9.84. The summed E-state index contributed by atoms with van der Waals surface area (Å²) in [5.74, 6) is 0.521. The van der Waals surface area contributed by atoms with E-state index >= 15 is 0 Å². The molecule has 8 heteroatoms. The molecule has 0 unspecified atom stereocenters. The third-order valence-corrected chi connectivity index (χ3v) is 6.90. The molecule has 1 aliphatic rings. The lowest BCUT2D eigenvalue weighted by Crippen LogP contribution is -2.43. The zero-order chi connectivity index (χ0) is 19.6. The normalized spacial score (nSPS) is 14.9. The summed E-state index contributed by atoms with van der Waals surface area (Å²) in [5, 5.41) is 14.8. The fourth-order valence-electron chi connectivity index (χ4n) is 3.02. The summed E-state index contributed by atoms with van der Waals surface area (Å²) in [6, 6.07) is 11.3. The van der Waals surface area contributed by atoms with E-state index in [1.54, 1.807) is 23.5 Å². The molecule has 142 valence electrons. The Morgan fingerprint density at radius 2 is 2.11 bits per heavy atom. The molecule has 3 aromatic rings. The lowest BCUT2D eigenvalue weighted by molar-refractivity contribution is -0.148. The van der Waals surface area contributed by atoms with Crippen molar-refractivity contribution in [2.24, 2.45) is 0 Å². The van der Waals surface area contributed by atoms with Gasteiger partial charge in [0.1, 0.15) is 4.75 Å². The first-order valence-corrected chi connectivity index (χ1v) is 10.7. The molecular formula is C20H18N4O2S2. The van der Waals surface area contributed by atoms with E-state index in [0.717, 1.165) is 35.2 Å². The highest BCUT2D eigenvalue weighted by atomic mass is 32.2. The van der Waals surface area contributed by atoms with Crippen molar-refractivity contribution in [3.63, 3.8) is 0 Å². The minimum atomic E-state index is -0.578. The van der Waals surface area contributed by atoms with Crippen LogP contribution in [-0.2, 0) is 9.53 Å². The van der Waals surface area contributed by atoms with E-state index in [-0.39, 0.29) is 5.97 Å². The van der Waals surface area contributed by atoms with Gasteiger partial charge in [-0.15, -0.1) is 11.3 Å². The van der Waals surface area contributed by atoms with Crippen LogP contribution < -0.4 is 5.32 Å². The molecule has 0 bridgehead atoms. The summed E-state index contributed by atoms with van der Waals surface area (Å²) in [4.78, 5) is 21.8. The molecule has 0 saturated heterocycles. The molecule has 4 rings (SSSR count). The largest absolute Gasteiger partial charge is 0.465 e. The molecule has 1 fully saturated rings. The highest BCUT2D eigenvalue weighted by Crippen LogP contribution is 2.48. The van der Waals surface area contributed by atoms with Gasteiger partial charge in [0.15, 0.2) is 11.0 Å². The molecule has 2 heterocycles. The van der Waals surface area contributed by atoms with Crippen molar-refractivity contribution in [1.29, 1.82) is 5.26 Å². The molecule has 1 saturated carbocycles. The van der Waals surface area contributed by atoms with Gasteiger partial charge in [-0.05, 0) is 61.9 Å². The molecule has 0 amide bonds. The van der Waals surface area contributed by atoms with E-state index in [4.69, 9.17) is 15.0 Å². The number of benzene rings is 1. The van der Waals surface area contributed by atoms with Crippen molar-refractivity contribution in [1.82, 2.24) is 9.97 Å². The fraction of sp³-hybridized carbons (Fsp3) is 0.300. The third kappa shape index (κ3) is 3.55. The van der Waals surface area contributed by atoms with Crippen molar-refractivity contribution >= 4 is 50.8 Å². The molecule has 0 aliphatic heterocycles. The first-order valence-electron chi connectivity index (χ1n) is 9.02. The van der Waals surface area contributed by atoms with Gasteiger partial charge < -0.3 is 10.1 Å². The first-order chi connectivity index (χ1) is 13.6. The number of carbonyl (C=O) groups is 1. The Morgan fingerprint density at radius 1 is 1.32 bits per heavy atom. The summed E-state index contributed by atoms with van der Waals surface area (Å²) in [7, 11) is 0. The molecule has 28 heavy (non-hydrogen) atoms. The SMILES string of the molecule is CCOC(=O)C1(Sc2nc(Nc3ccc(C#N)cc3)c3sccc3n2)CCC1. The molecule has 1 aliphatic carbocycles. The Bertz CT molecular complexity index is 1050. The maximum atomic E-state index is 12.5. The van der Waals surface area contributed by atoms with Gasteiger partial charge in [0.2, 0.25) is 0 Å². The minimum Gasteiger partial charge on any atom is -0.465 e. The average molecular weight is 411 g/mol. The maximum Gasteiger partial charge on any atom is 0.322 e. The summed E-state index contributed by atoms with van der Waals surface area (Å²) < 4.78 is 5.66. The molecule has 2 aromatic heterocycles. The number of hydrogen-bond donors (Lipinski definition) is 1. The van der Waals surface area contributed by atoms with Crippen molar-refractivity contribution < 1.29 is 9.53 Å². The van der Waals surface area contributed by atoms with Gasteiger partial charge in [-0.1, -0.05) is 11.8 Å². The highest BCUT2D eigenvalue weighted by molar-refractivity contribution is 8.01. The van der Waals surface area contributed by atoms with Crippen LogP contribution in [0.25, 0.3) is 10.2 Å². The molecule has 1 N–H and O–H groups in total. The van der Waals surface area contributed by atoms with Crippen molar-refractivity contribution in [2.75, 3.05) is 11.9 Å². The van der Waals surface area contributed by atoms with Crippen LogP contribution in [0.5, 0.6) is 0 Å². The zero-order valence-corrected chi connectivity index (χ0v) is 16.9. The summed E-state index contributed by atoms with van der Waals surface area (Å²) in [6.45, 7) is 2.19. The number of aromatic nitrogens is 2. The number of anilines is 2. The van der Waals surface area contributed by atoms with Crippen LogP contribution in [0.15, 0.2) is 40.9 Å². The number of nitriles is 1. The first kappa shape index (κ1) is 18.7. The maximum absolute atomic E-state index is 12.5. The van der Waals surface area contributed by atoms with Gasteiger partial charge in [0.25, 0.3) is 0 Å². The Kier molecular flexibility index (Phi) is 5.20. The number of hydrogen-bond acceptors (Lipinski definition) is 8. The van der Waals surface area contributed by atoms with Gasteiger partial charge in [-0.25, -0.2) is 9.97 Å². The number of esters is 1. The quantitative estimate of drug-likeness (QED) is 0.457. The summed E-state index contributed by atoms with van der Waals surface area (Å²) in [5.41, 5.74) is 2.29. The number of thioether (sulfide) groups is 1. The number of fused-ring (bicyclic) bond motifs is 1. The number of ether oxygens (including phenoxy) is 1. The van der Waals surface area contributed by atoms with Gasteiger partial charge in [-0.2, -0.15) is 5.26 Å². The van der Waals surface area contributed by atoms with Gasteiger partial charge in [-0.3, -0.25) is 4.79 Å². The molecule has 1 aromatic carbocycles. The minimum absolute atomic E-state index is 0.179. The predicted octanol–water partition coefficient (Wildman–Crippen LogP) is 4.88. The van der Waals surface area contributed by atoms with Crippen LogP contribution in [-0.4, -0.2) is 27.3 Å². The molecule has 0 spiro atoms. The van der Waals surface area contributed by atoms with Crippen LogP contribution in [0.2, 0.25) is 0 Å². The number of nitrogens with zero attached hydrogens (tertiary/aromatic N) is 3. The van der Waals surface area contributed by atoms with E-state index in [1.807, 2.05) is 30.5 Å². The Balaban J connectivity index is 1.65. The van der Waals surface area contributed by atoms with Crippen molar-refractivity contribution in [3.8, 4) is 6.07 Å². The smallest absolute Gasteiger partial charge is 0.322 e. The summed E-state index contributed by atoms with van der Waals surface area (Å²) in [6.07, 6.45) is 2.56. The Labute approximate surface area is 171 Å². The molecule has 0 atom stereocenters. The standard InChI is InChI=1S/C20H18N4O2S2/c1-2-26-18(25)20(9-3-10-20)28-19-23-15-8-11-27-16(15)17(24-19)22-14-6-4-13(12-21)5-7-14/h4-8,11H,2-3,9-10H2,1H3,(H,22,23,24). The van der Waals surface area contributed by atoms with Crippen LogP contribution in [0, 0.1) is 11.3 Å². The van der Waals surface area contributed by atoms with Crippen LogP contribution in [0.1, 0.15) is 31.7 Å². The number of rotatable bonds is 6. The zero-order valence-electron chi connectivity index (χ0n) is 15.3. The topological polar surface area (TPSA) is 87.9 Å². The van der Waals surface area contributed by atoms with Crippen LogP contribution >= 0.6 is 23.1 Å². The van der Waals surface area contributed by atoms with E-state index < -0.39 is 4.75 Å². The fourth-order valence-corrected chi connectivity index (χ4v) is 5.06. The van der Waals surface area contributed by atoms with E-state index in [9.17, 15) is 4.79 Å². The van der Waals surface area contributed by atoms with Crippen LogP contribution in [0.3, 0.4) is 0 Å². The van der Waals surface area contributed by atoms with Crippen molar-refractivity contribution in [3.05, 3.63) is 41.3 Å². The van der Waals surface area contributed by atoms with E-state index in [2.05, 4.69) is 16.4 Å².